The van der Waals surface area contributed by atoms with E-state index in [-0.39, 0.29) is 11.9 Å². The smallest absolute Gasteiger partial charge is 0.323 e. The summed E-state index contributed by atoms with van der Waals surface area (Å²) in [6.45, 7) is 11.5. The Kier molecular flexibility index (Phi) is 10.0. The molecule has 0 aliphatic carbocycles. The number of anilines is 4. The van der Waals surface area contributed by atoms with E-state index in [0.29, 0.717) is 17.8 Å². The Hall–Kier alpha value is -4.28. The number of rotatable bonds is 9. The van der Waals surface area contributed by atoms with Crippen molar-refractivity contribution in [3.05, 3.63) is 77.4 Å². The van der Waals surface area contributed by atoms with E-state index in [1.807, 2.05) is 62.4 Å². The highest BCUT2D eigenvalue weighted by atomic mass is 16.5. The van der Waals surface area contributed by atoms with Crippen LogP contribution in [0.15, 0.2) is 60.7 Å². The molecular weight excluding hydrogens is 544 g/mol. The SMILES string of the molecule is COc1ccccc1N1CCN(c2ccc(NC(=O)Nc3c(C)cccc3C)cc2C(=O)NCCN2CCOCC2)CC1. The molecule has 2 fully saturated rings. The van der Waals surface area contributed by atoms with Crippen LogP contribution in [0.2, 0.25) is 0 Å². The van der Waals surface area contributed by atoms with Gasteiger partial charge in [-0.15, -0.1) is 0 Å². The molecule has 0 bridgehead atoms. The molecule has 3 amide bonds. The van der Waals surface area contributed by atoms with Crippen molar-refractivity contribution >= 4 is 34.7 Å². The predicted molar refractivity (Wildman–Crippen MR) is 172 cm³/mol. The number of morpholine rings is 1. The molecule has 3 N–H and O–H groups in total. The highest BCUT2D eigenvalue weighted by Gasteiger charge is 2.24. The Bertz CT molecular complexity index is 1400. The maximum atomic E-state index is 13.6. The van der Waals surface area contributed by atoms with Crippen LogP contribution in [0.4, 0.5) is 27.5 Å². The summed E-state index contributed by atoms with van der Waals surface area (Å²) >= 11 is 0. The van der Waals surface area contributed by atoms with Crippen LogP contribution in [0.3, 0.4) is 0 Å². The molecule has 0 unspecified atom stereocenters. The van der Waals surface area contributed by atoms with Gasteiger partial charge in [0.05, 0.1) is 31.6 Å². The van der Waals surface area contributed by atoms with E-state index in [9.17, 15) is 9.59 Å². The van der Waals surface area contributed by atoms with Crippen LogP contribution >= 0.6 is 0 Å². The topological polar surface area (TPSA) is 98.4 Å². The van der Waals surface area contributed by atoms with Gasteiger partial charge in [-0.05, 0) is 55.3 Å². The quantitative estimate of drug-likeness (QED) is 0.343. The van der Waals surface area contributed by atoms with Crippen LogP contribution in [-0.2, 0) is 4.74 Å². The van der Waals surface area contributed by atoms with Gasteiger partial charge in [-0.3, -0.25) is 9.69 Å². The third kappa shape index (κ3) is 7.57. The number of hydrogen-bond acceptors (Lipinski definition) is 7. The maximum Gasteiger partial charge on any atom is 0.323 e. The van der Waals surface area contributed by atoms with Gasteiger partial charge in [0.2, 0.25) is 0 Å². The second-order valence-corrected chi connectivity index (χ2v) is 10.9. The van der Waals surface area contributed by atoms with Gasteiger partial charge in [0.15, 0.2) is 0 Å². The molecule has 10 nitrogen and oxygen atoms in total. The highest BCUT2D eigenvalue weighted by Crippen LogP contribution is 2.31. The molecule has 228 valence electrons. The van der Waals surface area contributed by atoms with Crippen molar-refractivity contribution in [2.24, 2.45) is 0 Å². The van der Waals surface area contributed by atoms with Crippen molar-refractivity contribution < 1.29 is 19.1 Å². The first-order chi connectivity index (χ1) is 20.9. The van der Waals surface area contributed by atoms with E-state index in [4.69, 9.17) is 9.47 Å². The molecule has 0 spiro atoms. The zero-order valence-corrected chi connectivity index (χ0v) is 25.3. The van der Waals surface area contributed by atoms with E-state index >= 15 is 0 Å². The molecule has 2 aliphatic heterocycles. The van der Waals surface area contributed by atoms with Gasteiger partial charge in [0, 0.05) is 69.4 Å². The normalized spacial score (nSPS) is 15.6. The fraction of sp³-hybridized carbons (Fsp3) is 0.394. The van der Waals surface area contributed by atoms with Crippen molar-refractivity contribution in [3.8, 4) is 5.75 Å². The summed E-state index contributed by atoms with van der Waals surface area (Å²) in [6, 6.07) is 19.1. The zero-order valence-electron chi connectivity index (χ0n) is 25.3. The van der Waals surface area contributed by atoms with Crippen molar-refractivity contribution in [2.75, 3.05) is 93.1 Å². The lowest BCUT2D eigenvalue weighted by Gasteiger charge is -2.38. The molecule has 2 heterocycles. The summed E-state index contributed by atoms with van der Waals surface area (Å²) in [5.74, 6) is 0.695. The molecular formula is C33H42N6O4. The number of piperazine rings is 1. The largest absolute Gasteiger partial charge is 0.495 e. The summed E-state index contributed by atoms with van der Waals surface area (Å²) in [4.78, 5) is 33.4. The van der Waals surface area contributed by atoms with E-state index in [1.165, 1.54) is 0 Å². The van der Waals surface area contributed by atoms with Gasteiger partial charge in [0.1, 0.15) is 5.75 Å². The highest BCUT2D eigenvalue weighted by molar-refractivity contribution is 6.04. The first-order valence-electron chi connectivity index (χ1n) is 14.9. The van der Waals surface area contributed by atoms with Crippen molar-refractivity contribution in [3.63, 3.8) is 0 Å². The molecule has 0 aromatic heterocycles. The van der Waals surface area contributed by atoms with E-state index in [0.717, 1.165) is 93.0 Å². The van der Waals surface area contributed by atoms with Crippen LogP contribution in [0.1, 0.15) is 21.5 Å². The van der Waals surface area contributed by atoms with Gasteiger partial charge >= 0.3 is 6.03 Å². The standard InChI is InChI=1S/C33H42N6O4/c1-24-7-6-8-25(2)31(24)36-33(41)35-26-11-12-28(27(23-26)32(40)34-13-14-37-19-21-43-22-20-37)38-15-17-39(18-16-38)29-9-4-5-10-30(29)42-3/h4-12,23H,13-22H2,1-3H3,(H,34,40)(H2,35,36,41). The Morgan fingerprint density at radius 1 is 0.814 bits per heavy atom. The van der Waals surface area contributed by atoms with Gasteiger partial charge in [0.25, 0.3) is 5.91 Å². The van der Waals surface area contributed by atoms with Gasteiger partial charge < -0.3 is 35.2 Å². The molecule has 3 aromatic carbocycles. The number of carbonyl (C=O) groups is 2. The van der Waals surface area contributed by atoms with Crippen LogP contribution in [0.25, 0.3) is 0 Å². The van der Waals surface area contributed by atoms with E-state index < -0.39 is 0 Å². The fourth-order valence-corrected chi connectivity index (χ4v) is 5.69. The second-order valence-electron chi connectivity index (χ2n) is 10.9. The molecule has 10 heteroatoms. The monoisotopic (exact) mass is 586 g/mol. The van der Waals surface area contributed by atoms with E-state index in [2.05, 4.69) is 36.7 Å². The maximum absolute atomic E-state index is 13.6. The minimum Gasteiger partial charge on any atom is -0.495 e. The molecule has 0 saturated carbocycles. The third-order valence-corrected chi connectivity index (χ3v) is 8.08. The molecule has 43 heavy (non-hydrogen) atoms. The number of methoxy groups -OCH3 is 1. The van der Waals surface area contributed by atoms with Crippen molar-refractivity contribution in [2.45, 2.75) is 13.8 Å². The van der Waals surface area contributed by atoms with Crippen LogP contribution in [-0.4, -0.2) is 89.5 Å². The number of aryl methyl sites for hydroxylation is 2. The number of para-hydroxylation sites is 3. The van der Waals surface area contributed by atoms with Gasteiger partial charge in [-0.2, -0.15) is 0 Å². The summed E-state index contributed by atoms with van der Waals surface area (Å²) < 4.78 is 11.0. The summed E-state index contributed by atoms with van der Waals surface area (Å²) in [7, 11) is 1.69. The molecule has 2 saturated heterocycles. The van der Waals surface area contributed by atoms with Gasteiger partial charge in [-0.25, -0.2) is 4.79 Å². The molecule has 3 aromatic rings. The average Bonchev–Trinajstić information content (AvgIpc) is 3.03. The summed E-state index contributed by atoms with van der Waals surface area (Å²) in [5, 5.41) is 9.00. The third-order valence-electron chi connectivity index (χ3n) is 8.08. The summed E-state index contributed by atoms with van der Waals surface area (Å²) in [6.07, 6.45) is 0. The van der Waals surface area contributed by atoms with Crippen LogP contribution in [0, 0.1) is 13.8 Å². The number of hydrogen-bond donors (Lipinski definition) is 3. The van der Waals surface area contributed by atoms with E-state index in [1.54, 1.807) is 13.2 Å². The van der Waals surface area contributed by atoms with Crippen LogP contribution in [0.5, 0.6) is 5.75 Å². The number of ether oxygens (including phenoxy) is 2. The first kappa shape index (κ1) is 30.2. The number of amides is 3. The number of carbonyl (C=O) groups excluding carboxylic acids is 2. The fourth-order valence-electron chi connectivity index (χ4n) is 5.69. The minimum absolute atomic E-state index is 0.158. The molecule has 2 aliphatic rings. The lowest BCUT2D eigenvalue weighted by Crippen LogP contribution is -2.47. The molecule has 0 atom stereocenters. The lowest BCUT2D eigenvalue weighted by atomic mass is 10.1. The predicted octanol–water partition coefficient (Wildman–Crippen LogP) is 4.34. The van der Waals surface area contributed by atoms with Gasteiger partial charge in [-0.1, -0.05) is 30.3 Å². The number of benzene rings is 3. The Balaban J connectivity index is 1.31. The second kappa shape index (κ2) is 14.3. The van der Waals surface area contributed by atoms with Crippen LogP contribution < -0.4 is 30.5 Å². The molecule has 5 rings (SSSR count). The number of urea groups is 1. The Labute approximate surface area is 253 Å². The first-order valence-corrected chi connectivity index (χ1v) is 14.9. The Morgan fingerprint density at radius 2 is 1.49 bits per heavy atom. The van der Waals surface area contributed by atoms with Crippen molar-refractivity contribution in [1.29, 1.82) is 0 Å². The minimum atomic E-state index is -0.353. The molecule has 0 radical (unpaired) electrons. The number of nitrogens with zero attached hydrogens (tertiary/aromatic N) is 3. The average molecular weight is 587 g/mol. The summed E-state index contributed by atoms with van der Waals surface area (Å²) in [5.41, 5.74) is 5.77. The zero-order chi connectivity index (χ0) is 30.2. The lowest BCUT2D eigenvalue weighted by molar-refractivity contribution is 0.0383. The van der Waals surface area contributed by atoms with Crippen molar-refractivity contribution in [1.82, 2.24) is 10.2 Å². The number of nitrogens with one attached hydrogen (secondary N) is 3. The Morgan fingerprint density at radius 3 is 2.19 bits per heavy atom.